The summed E-state index contributed by atoms with van der Waals surface area (Å²) in [6.07, 6.45) is 0. The molecule has 122 valence electrons. The molecule has 0 fully saturated rings. The lowest BCUT2D eigenvalue weighted by atomic mass is 10.1. The van der Waals surface area contributed by atoms with Gasteiger partial charge in [0, 0.05) is 5.69 Å². The molecule has 0 saturated heterocycles. The lowest BCUT2D eigenvalue weighted by Gasteiger charge is -2.15. The highest BCUT2D eigenvalue weighted by Gasteiger charge is 2.34. The third-order valence-electron chi connectivity index (χ3n) is 3.72. The Bertz CT molecular complexity index is 764. The van der Waals surface area contributed by atoms with Crippen LogP contribution in [0.15, 0.2) is 48.5 Å². The lowest BCUT2D eigenvalue weighted by molar-refractivity contribution is 0.0525. The number of carbonyl (C=O) groups excluding carboxylic acids is 3. The van der Waals surface area contributed by atoms with Crippen LogP contribution in [-0.2, 0) is 4.74 Å². The van der Waals surface area contributed by atoms with E-state index in [1.165, 1.54) is 0 Å². The van der Waals surface area contributed by atoms with Crippen LogP contribution in [0.2, 0.25) is 0 Å². The largest absolute Gasteiger partial charge is 0.462 e. The van der Waals surface area contributed by atoms with Crippen molar-refractivity contribution in [1.29, 1.82) is 0 Å². The maximum Gasteiger partial charge on any atom is 0.338 e. The number of amides is 2. The van der Waals surface area contributed by atoms with E-state index in [9.17, 15) is 14.4 Å². The third-order valence-corrected chi connectivity index (χ3v) is 3.72. The predicted molar refractivity (Wildman–Crippen MR) is 87.8 cm³/mol. The fraction of sp³-hybridized carbons (Fsp3) is 0.167. The van der Waals surface area contributed by atoms with Crippen molar-refractivity contribution >= 4 is 23.5 Å². The van der Waals surface area contributed by atoms with Crippen molar-refractivity contribution in [2.45, 2.75) is 6.92 Å². The van der Waals surface area contributed by atoms with Gasteiger partial charge in [0.15, 0.2) is 0 Å². The van der Waals surface area contributed by atoms with Gasteiger partial charge in [-0.1, -0.05) is 12.1 Å². The lowest BCUT2D eigenvalue weighted by Crippen LogP contribution is -2.34. The summed E-state index contributed by atoms with van der Waals surface area (Å²) in [5.41, 5.74) is 1.98. The van der Waals surface area contributed by atoms with Gasteiger partial charge in [0.05, 0.1) is 30.0 Å². The molecule has 0 spiro atoms. The first-order chi connectivity index (χ1) is 11.6. The number of nitrogens with zero attached hydrogens (tertiary/aromatic N) is 1. The van der Waals surface area contributed by atoms with E-state index in [0.29, 0.717) is 29.0 Å². The average Bonchev–Trinajstić information content (AvgIpc) is 2.85. The normalized spacial score (nSPS) is 13.0. The molecule has 0 atom stereocenters. The number of rotatable bonds is 5. The number of esters is 1. The van der Waals surface area contributed by atoms with Gasteiger partial charge < -0.3 is 10.1 Å². The minimum absolute atomic E-state index is 0.0606. The zero-order chi connectivity index (χ0) is 17.1. The number of imide groups is 1. The number of hydrogen-bond acceptors (Lipinski definition) is 5. The first kappa shape index (κ1) is 15.7. The molecule has 24 heavy (non-hydrogen) atoms. The van der Waals surface area contributed by atoms with E-state index in [2.05, 4.69) is 5.32 Å². The highest BCUT2D eigenvalue weighted by molar-refractivity contribution is 6.21. The Kier molecular flexibility index (Phi) is 4.29. The van der Waals surface area contributed by atoms with Gasteiger partial charge in [0.25, 0.3) is 11.8 Å². The molecule has 0 saturated carbocycles. The molecule has 1 aliphatic heterocycles. The SMILES string of the molecule is CCOC(=O)c1ccc(NCN2C(=O)c3ccccc3C2=O)cc1. The van der Waals surface area contributed by atoms with Gasteiger partial charge in [-0.05, 0) is 43.3 Å². The molecule has 0 unspecified atom stereocenters. The molecule has 0 bridgehead atoms. The van der Waals surface area contributed by atoms with Crippen LogP contribution in [-0.4, -0.2) is 36.0 Å². The van der Waals surface area contributed by atoms with Gasteiger partial charge in [0.2, 0.25) is 0 Å². The number of hydrogen-bond donors (Lipinski definition) is 1. The van der Waals surface area contributed by atoms with Gasteiger partial charge in [-0.3, -0.25) is 14.5 Å². The van der Waals surface area contributed by atoms with E-state index in [1.54, 1.807) is 55.5 Å². The second-order valence-corrected chi connectivity index (χ2v) is 5.22. The second-order valence-electron chi connectivity index (χ2n) is 5.22. The van der Waals surface area contributed by atoms with E-state index >= 15 is 0 Å². The molecule has 2 aromatic carbocycles. The predicted octanol–water partition coefficient (Wildman–Crippen LogP) is 2.53. The third kappa shape index (κ3) is 2.86. The Hall–Kier alpha value is -3.15. The number of carbonyl (C=O) groups is 3. The monoisotopic (exact) mass is 324 g/mol. The molecule has 6 heteroatoms. The van der Waals surface area contributed by atoms with Crippen LogP contribution < -0.4 is 5.32 Å². The molecule has 0 radical (unpaired) electrons. The van der Waals surface area contributed by atoms with Crippen LogP contribution in [0, 0.1) is 0 Å². The summed E-state index contributed by atoms with van der Waals surface area (Å²) in [7, 11) is 0. The molecule has 2 amide bonds. The van der Waals surface area contributed by atoms with Crippen LogP contribution in [0.25, 0.3) is 0 Å². The van der Waals surface area contributed by atoms with Crippen LogP contribution >= 0.6 is 0 Å². The fourth-order valence-electron chi connectivity index (χ4n) is 2.49. The van der Waals surface area contributed by atoms with Crippen LogP contribution in [0.3, 0.4) is 0 Å². The molecule has 0 aromatic heterocycles. The highest BCUT2D eigenvalue weighted by atomic mass is 16.5. The summed E-state index contributed by atoms with van der Waals surface area (Å²) in [6, 6.07) is 13.4. The summed E-state index contributed by atoms with van der Waals surface area (Å²) in [5, 5.41) is 3.01. The topological polar surface area (TPSA) is 75.7 Å². The van der Waals surface area contributed by atoms with Crippen molar-refractivity contribution in [3.8, 4) is 0 Å². The van der Waals surface area contributed by atoms with E-state index in [-0.39, 0.29) is 24.5 Å². The summed E-state index contributed by atoms with van der Waals surface area (Å²) in [6.45, 7) is 2.12. The van der Waals surface area contributed by atoms with E-state index in [4.69, 9.17) is 4.74 Å². The minimum Gasteiger partial charge on any atom is -0.462 e. The average molecular weight is 324 g/mol. The van der Waals surface area contributed by atoms with Crippen LogP contribution in [0.4, 0.5) is 5.69 Å². The fourth-order valence-corrected chi connectivity index (χ4v) is 2.49. The standard InChI is InChI=1S/C18H16N2O4/c1-2-24-18(23)12-7-9-13(10-8-12)19-11-20-16(21)14-5-3-4-6-15(14)17(20)22/h3-10,19H,2,11H2,1H3. The van der Waals surface area contributed by atoms with Gasteiger partial charge in [0.1, 0.15) is 0 Å². The van der Waals surface area contributed by atoms with Gasteiger partial charge in [-0.2, -0.15) is 0 Å². The summed E-state index contributed by atoms with van der Waals surface area (Å²) < 4.78 is 4.92. The van der Waals surface area contributed by atoms with Crippen LogP contribution in [0.5, 0.6) is 0 Å². The number of anilines is 1. The molecule has 2 aromatic rings. The number of nitrogens with one attached hydrogen (secondary N) is 1. The molecular formula is C18H16N2O4. The smallest absolute Gasteiger partial charge is 0.338 e. The van der Waals surface area contributed by atoms with E-state index in [1.807, 2.05) is 0 Å². The van der Waals surface area contributed by atoms with Crippen LogP contribution in [0.1, 0.15) is 38.0 Å². The Morgan fingerprint density at radius 3 is 2.12 bits per heavy atom. The molecule has 1 N–H and O–H groups in total. The van der Waals surface area contributed by atoms with Gasteiger partial charge in [-0.15, -0.1) is 0 Å². The maximum absolute atomic E-state index is 12.2. The van der Waals surface area contributed by atoms with Crippen molar-refractivity contribution in [3.05, 3.63) is 65.2 Å². The summed E-state index contributed by atoms with van der Waals surface area (Å²) in [5.74, 6) is -1.01. The Morgan fingerprint density at radius 2 is 1.58 bits per heavy atom. The minimum atomic E-state index is -0.385. The van der Waals surface area contributed by atoms with Crippen molar-refractivity contribution < 1.29 is 19.1 Å². The second kappa shape index (κ2) is 6.54. The zero-order valence-corrected chi connectivity index (χ0v) is 13.1. The molecule has 1 aliphatic rings. The molecule has 3 rings (SSSR count). The number of ether oxygens (including phenoxy) is 1. The summed E-state index contributed by atoms with van der Waals surface area (Å²) >= 11 is 0. The maximum atomic E-state index is 12.2. The Morgan fingerprint density at radius 1 is 1.00 bits per heavy atom. The number of fused-ring (bicyclic) bond motifs is 1. The molecule has 0 aliphatic carbocycles. The summed E-state index contributed by atoms with van der Waals surface area (Å²) in [4.78, 5) is 37.2. The van der Waals surface area contributed by atoms with Crippen molar-refractivity contribution in [2.24, 2.45) is 0 Å². The first-order valence-electron chi connectivity index (χ1n) is 7.58. The quantitative estimate of drug-likeness (QED) is 0.675. The number of benzene rings is 2. The molecule has 6 nitrogen and oxygen atoms in total. The van der Waals surface area contributed by atoms with E-state index in [0.717, 1.165) is 4.90 Å². The highest BCUT2D eigenvalue weighted by Crippen LogP contribution is 2.22. The Labute approximate surface area is 139 Å². The first-order valence-corrected chi connectivity index (χ1v) is 7.58. The van der Waals surface area contributed by atoms with E-state index < -0.39 is 0 Å². The Balaban J connectivity index is 1.66. The van der Waals surface area contributed by atoms with Crippen molar-refractivity contribution in [1.82, 2.24) is 4.90 Å². The van der Waals surface area contributed by atoms with Gasteiger partial charge >= 0.3 is 5.97 Å². The van der Waals surface area contributed by atoms with Crippen molar-refractivity contribution in [3.63, 3.8) is 0 Å². The molecular weight excluding hydrogens is 308 g/mol. The van der Waals surface area contributed by atoms with Gasteiger partial charge in [-0.25, -0.2) is 4.79 Å². The zero-order valence-electron chi connectivity index (χ0n) is 13.1. The molecule has 1 heterocycles. The van der Waals surface area contributed by atoms with Crippen molar-refractivity contribution in [2.75, 3.05) is 18.6 Å².